The Kier molecular flexibility index (Phi) is 2.78. The zero-order chi connectivity index (χ0) is 14.7. The van der Waals surface area contributed by atoms with Crippen molar-refractivity contribution < 1.29 is 14.2 Å². The normalized spacial score (nSPS) is 37.2. The Morgan fingerprint density at radius 2 is 2.29 bits per heavy atom. The van der Waals surface area contributed by atoms with Crippen LogP contribution in [0.2, 0.25) is 0 Å². The van der Waals surface area contributed by atoms with Crippen LogP contribution >= 0.6 is 15.9 Å². The van der Waals surface area contributed by atoms with E-state index >= 15 is 0 Å². The molecule has 4 rings (SSSR count). The van der Waals surface area contributed by atoms with Crippen molar-refractivity contribution in [3.63, 3.8) is 0 Å². The quantitative estimate of drug-likeness (QED) is 0.777. The topological polar surface area (TPSA) is 66.1 Å². The number of aliphatic imine (C=N–C) groups is 1. The molecule has 0 radical (unpaired) electrons. The van der Waals surface area contributed by atoms with Gasteiger partial charge < -0.3 is 19.9 Å². The van der Waals surface area contributed by atoms with Crippen molar-refractivity contribution in [3.8, 4) is 5.75 Å². The molecule has 3 heterocycles. The van der Waals surface area contributed by atoms with Crippen molar-refractivity contribution >= 4 is 22.0 Å². The maximum absolute atomic E-state index is 6.33. The van der Waals surface area contributed by atoms with Gasteiger partial charge in [0.25, 0.3) is 6.02 Å². The van der Waals surface area contributed by atoms with Gasteiger partial charge in [0.1, 0.15) is 23.5 Å². The van der Waals surface area contributed by atoms with Crippen molar-refractivity contribution in [2.24, 2.45) is 16.6 Å². The minimum atomic E-state index is -0.517. The van der Waals surface area contributed by atoms with Gasteiger partial charge in [-0.25, -0.2) is 4.99 Å². The van der Waals surface area contributed by atoms with E-state index in [1.54, 1.807) is 0 Å². The van der Waals surface area contributed by atoms with Gasteiger partial charge in [0.15, 0.2) is 0 Å². The Morgan fingerprint density at radius 3 is 3.05 bits per heavy atom. The van der Waals surface area contributed by atoms with Crippen LogP contribution in [0.15, 0.2) is 27.7 Å². The largest absolute Gasteiger partial charge is 0.487 e. The van der Waals surface area contributed by atoms with Gasteiger partial charge in [0, 0.05) is 16.5 Å². The fraction of sp³-hybridized carbons (Fsp3) is 0.533. The molecule has 1 aromatic rings. The number of nitrogens with zero attached hydrogens (tertiary/aromatic N) is 1. The fourth-order valence-corrected chi connectivity index (χ4v) is 4.08. The van der Waals surface area contributed by atoms with E-state index in [2.05, 4.69) is 33.9 Å². The minimum Gasteiger partial charge on any atom is -0.487 e. The summed E-state index contributed by atoms with van der Waals surface area (Å²) < 4.78 is 18.6. The number of amidine groups is 1. The van der Waals surface area contributed by atoms with Gasteiger partial charge in [-0.2, -0.15) is 0 Å². The van der Waals surface area contributed by atoms with Crippen molar-refractivity contribution in [2.75, 3.05) is 19.8 Å². The Labute approximate surface area is 131 Å². The van der Waals surface area contributed by atoms with Gasteiger partial charge in [0.05, 0.1) is 19.1 Å². The summed E-state index contributed by atoms with van der Waals surface area (Å²) in [7, 11) is 0. The Bertz CT molecular complexity index is 635. The van der Waals surface area contributed by atoms with Crippen LogP contribution in [0.5, 0.6) is 5.75 Å². The molecule has 1 saturated heterocycles. The first-order chi connectivity index (χ1) is 10.0. The third-order valence-electron chi connectivity index (χ3n) is 4.84. The summed E-state index contributed by atoms with van der Waals surface area (Å²) in [6.45, 7) is 3.88. The summed E-state index contributed by atoms with van der Waals surface area (Å²) in [5.41, 5.74) is 6.03. The second-order valence-electron chi connectivity index (χ2n) is 6.10. The maximum atomic E-state index is 6.33. The van der Waals surface area contributed by atoms with E-state index in [1.807, 2.05) is 12.1 Å². The molecule has 2 N–H and O–H groups in total. The van der Waals surface area contributed by atoms with E-state index in [1.165, 1.54) is 0 Å². The number of benzene rings is 1. The van der Waals surface area contributed by atoms with Crippen LogP contribution in [-0.2, 0) is 15.0 Å². The van der Waals surface area contributed by atoms with E-state index in [4.69, 9.17) is 19.9 Å². The standard InChI is InChI=1S/C15H17BrN2O3/c1-14-4-5-19-7-12(14)15(8-20-13(17)18-15)10-6-9(16)2-3-11(10)21-14/h2-3,6,12H,4-5,7-8H2,1H3,(H2,17,18). The van der Waals surface area contributed by atoms with E-state index in [9.17, 15) is 0 Å². The summed E-state index contributed by atoms with van der Waals surface area (Å²) >= 11 is 3.53. The highest BCUT2D eigenvalue weighted by molar-refractivity contribution is 9.10. The lowest BCUT2D eigenvalue weighted by Crippen LogP contribution is -2.59. The number of nitrogens with two attached hydrogens (primary N) is 1. The van der Waals surface area contributed by atoms with Gasteiger partial charge in [-0.1, -0.05) is 15.9 Å². The van der Waals surface area contributed by atoms with Gasteiger partial charge in [-0.3, -0.25) is 0 Å². The lowest BCUT2D eigenvalue weighted by molar-refractivity contribution is -0.129. The van der Waals surface area contributed by atoms with Crippen molar-refractivity contribution in [1.82, 2.24) is 0 Å². The molecule has 5 nitrogen and oxygen atoms in total. The van der Waals surface area contributed by atoms with Crippen LogP contribution in [0, 0.1) is 5.92 Å². The highest BCUT2D eigenvalue weighted by Gasteiger charge is 2.59. The van der Waals surface area contributed by atoms with Crippen LogP contribution in [0.3, 0.4) is 0 Å². The highest BCUT2D eigenvalue weighted by atomic mass is 79.9. The second-order valence-corrected chi connectivity index (χ2v) is 7.01. The average Bonchev–Trinajstić information content (AvgIpc) is 2.83. The molecule has 3 aliphatic rings. The summed E-state index contributed by atoms with van der Waals surface area (Å²) in [6.07, 6.45) is 0.838. The molecule has 0 aliphatic carbocycles. The second kappa shape index (κ2) is 4.36. The van der Waals surface area contributed by atoms with Crippen LogP contribution in [0.25, 0.3) is 0 Å². The van der Waals surface area contributed by atoms with Crippen LogP contribution in [-0.4, -0.2) is 31.4 Å². The molecule has 112 valence electrons. The lowest BCUT2D eigenvalue weighted by atomic mass is 9.67. The summed E-state index contributed by atoms with van der Waals surface area (Å²) in [5.74, 6) is 0.947. The Hall–Kier alpha value is -1.27. The number of hydrogen-bond acceptors (Lipinski definition) is 5. The van der Waals surface area contributed by atoms with Gasteiger partial charge in [-0.15, -0.1) is 0 Å². The molecule has 6 heteroatoms. The predicted molar refractivity (Wildman–Crippen MR) is 81.4 cm³/mol. The predicted octanol–water partition coefficient (Wildman–Crippen LogP) is 2.18. The Morgan fingerprint density at radius 1 is 1.43 bits per heavy atom. The SMILES string of the molecule is CC12CCOCC1C1(COC(N)=N1)c1cc(Br)ccc1O2. The molecule has 3 unspecified atom stereocenters. The van der Waals surface area contributed by atoms with E-state index in [-0.39, 0.29) is 17.5 Å². The monoisotopic (exact) mass is 352 g/mol. The molecule has 0 saturated carbocycles. The van der Waals surface area contributed by atoms with Crippen LogP contribution < -0.4 is 10.5 Å². The molecule has 3 aliphatic heterocycles. The van der Waals surface area contributed by atoms with Crippen molar-refractivity contribution in [1.29, 1.82) is 0 Å². The van der Waals surface area contributed by atoms with Crippen LogP contribution in [0.4, 0.5) is 0 Å². The van der Waals surface area contributed by atoms with Crippen LogP contribution in [0.1, 0.15) is 18.9 Å². The molecule has 1 aromatic carbocycles. The van der Waals surface area contributed by atoms with Gasteiger partial charge in [0.2, 0.25) is 0 Å². The van der Waals surface area contributed by atoms with Gasteiger partial charge in [-0.05, 0) is 25.1 Å². The molecule has 0 bridgehead atoms. The first kappa shape index (κ1) is 13.4. The zero-order valence-corrected chi connectivity index (χ0v) is 13.4. The first-order valence-electron chi connectivity index (χ1n) is 7.08. The molecule has 1 fully saturated rings. The molecule has 0 amide bonds. The smallest absolute Gasteiger partial charge is 0.283 e. The minimum absolute atomic E-state index is 0.0848. The zero-order valence-electron chi connectivity index (χ0n) is 11.8. The van der Waals surface area contributed by atoms with Gasteiger partial charge >= 0.3 is 0 Å². The maximum Gasteiger partial charge on any atom is 0.283 e. The molecule has 0 aromatic heterocycles. The highest BCUT2D eigenvalue weighted by Crippen LogP contribution is 2.54. The molecular weight excluding hydrogens is 336 g/mol. The molecule has 3 atom stereocenters. The first-order valence-corrected chi connectivity index (χ1v) is 7.88. The Balaban J connectivity index is 1.95. The van der Waals surface area contributed by atoms with E-state index < -0.39 is 5.54 Å². The number of ether oxygens (including phenoxy) is 3. The average molecular weight is 353 g/mol. The van der Waals surface area contributed by atoms with E-state index in [0.29, 0.717) is 19.8 Å². The summed E-state index contributed by atoms with van der Waals surface area (Å²) in [6, 6.07) is 6.27. The number of halogens is 1. The number of rotatable bonds is 0. The molecule has 1 spiro atoms. The lowest BCUT2D eigenvalue weighted by Gasteiger charge is -2.52. The van der Waals surface area contributed by atoms with Crippen molar-refractivity contribution in [3.05, 3.63) is 28.2 Å². The third-order valence-corrected chi connectivity index (χ3v) is 5.34. The molecule has 21 heavy (non-hydrogen) atoms. The van der Waals surface area contributed by atoms with E-state index in [0.717, 1.165) is 22.2 Å². The molecular formula is C15H17BrN2O3. The van der Waals surface area contributed by atoms with Crippen molar-refractivity contribution in [2.45, 2.75) is 24.5 Å². The summed E-state index contributed by atoms with van der Waals surface area (Å²) in [5, 5.41) is 0. The summed E-state index contributed by atoms with van der Waals surface area (Å²) in [4.78, 5) is 4.68. The third kappa shape index (κ3) is 1.82. The number of fused-ring (bicyclic) bond motifs is 4. The fourth-order valence-electron chi connectivity index (χ4n) is 3.72. The number of hydrogen-bond donors (Lipinski definition) is 1.